The number of carbonyl (C=O) groups excluding carboxylic acids is 1. The monoisotopic (exact) mass is 228 g/mol. The molecule has 1 fully saturated rings. The van der Waals surface area contributed by atoms with Gasteiger partial charge in [0.2, 0.25) is 5.91 Å². The van der Waals surface area contributed by atoms with Crippen LogP contribution in [0, 0.1) is 5.92 Å². The molecule has 1 saturated heterocycles. The summed E-state index contributed by atoms with van der Waals surface area (Å²) in [5.74, 6) is 0.683. The van der Waals surface area contributed by atoms with Crippen molar-refractivity contribution in [1.29, 1.82) is 0 Å². The summed E-state index contributed by atoms with van der Waals surface area (Å²) in [5.41, 5.74) is 5.54. The second kappa shape index (κ2) is 6.86. The smallest absolute Gasteiger partial charge is 0.222 e. The molecular formula is C12H24N2O2. The molecule has 1 aliphatic rings. The van der Waals surface area contributed by atoms with Gasteiger partial charge in [-0.05, 0) is 32.2 Å². The third-order valence-electron chi connectivity index (χ3n) is 3.06. The summed E-state index contributed by atoms with van der Waals surface area (Å²) < 4.78 is 5.52. The van der Waals surface area contributed by atoms with Crippen molar-refractivity contribution in [2.24, 2.45) is 11.7 Å². The average molecular weight is 228 g/mol. The zero-order valence-corrected chi connectivity index (χ0v) is 10.4. The molecule has 2 atom stereocenters. The molecule has 0 radical (unpaired) electrons. The maximum absolute atomic E-state index is 11.9. The Bertz CT molecular complexity index is 221. The summed E-state index contributed by atoms with van der Waals surface area (Å²) in [7, 11) is 0. The van der Waals surface area contributed by atoms with E-state index in [9.17, 15) is 4.79 Å². The Kier molecular flexibility index (Phi) is 5.77. The van der Waals surface area contributed by atoms with Gasteiger partial charge in [-0.1, -0.05) is 6.92 Å². The normalized spacial score (nSPS) is 23.9. The minimum atomic E-state index is 0.165. The van der Waals surface area contributed by atoms with Crippen LogP contribution < -0.4 is 5.73 Å². The van der Waals surface area contributed by atoms with Crippen molar-refractivity contribution < 1.29 is 9.53 Å². The van der Waals surface area contributed by atoms with E-state index in [0.717, 1.165) is 32.5 Å². The fourth-order valence-electron chi connectivity index (χ4n) is 1.87. The largest absolute Gasteiger partial charge is 0.377 e. The highest BCUT2D eigenvalue weighted by molar-refractivity contribution is 5.76. The van der Waals surface area contributed by atoms with Gasteiger partial charge in [-0.3, -0.25) is 4.79 Å². The van der Waals surface area contributed by atoms with Crippen molar-refractivity contribution in [3.8, 4) is 0 Å². The number of ether oxygens (including phenoxy) is 1. The molecule has 1 aliphatic heterocycles. The molecule has 0 bridgehead atoms. The highest BCUT2D eigenvalue weighted by atomic mass is 16.5. The van der Waals surface area contributed by atoms with Crippen molar-refractivity contribution in [3.05, 3.63) is 0 Å². The van der Waals surface area contributed by atoms with Crippen molar-refractivity contribution in [1.82, 2.24) is 4.90 Å². The van der Waals surface area contributed by atoms with Crippen LogP contribution >= 0.6 is 0 Å². The summed E-state index contributed by atoms with van der Waals surface area (Å²) in [6.07, 6.45) is 2.62. The summed E-state index contributed by atoms with van der Waals surface area (Å²) in [6, 6.07) is 0. The Hall–Kier alpha value is -0.610. The van der Waals surface area contributed by atoms with Crippen molar-refractivity contribution in [2.45, 2.75) is 39.2 Å². The third-order valence-corrected chi connectivity index (χ3v) is 3.06. The van der Waals surface area contributed by atoms with E-state index in [4.69, 9.17) is 10.5 Å². The molecule has 4 heteroatoms. The molecule has 0 saturated carbocycles. The molecule has 2 unspecified atom stereocenters. The van der Waals surface area contributed by atoms with Crippen molar-refractivity contribution >= 4 is 5.91 Å². The van der Waals surface area contributed by atoms with E-state index in [1.54, 1.807) is 0 Å². The van der Waals surface area contributed by atoms with Crippen LogP contribution in [0.1, 0.15) is 33.1 Å². The molecule has 2 N–H and O–H groups in total. The van der Waals surface area contributed by atoms with E-state index in [1.807, 2.05) is 11.8 Å². The molecule has 0 aliphatic carbocycles. The Labute approximate surface area is 98.1 Å². The van der Waals surface area contributed by atoms with E-state index < -0.39 is 0 Å². The summed E-state index contributed by atoms with van der Waals surface area (Å²) >= 11 is 0. The van der Waals surface area contributed by atoms with Crippen molar-refractivity contribution in [2.75, 3.05) is 26.2 Å². The molecule has 0 aromatic carbocycles. The molecule has 0 spiro atoms. The van der Waals surface area contributed by atoms with E-state index in [1.165, 1.54) is 0 Å². The standard InChI is InChI=1S/C12H24N2O2/c1-10(8-13)4-5-12(15)14-6-3-7-16-11(2)9-14/h10-11H,3-9,13H2,1-2H3. The lowest BCUT2D eigenvalue weighted by Gasteiger charge is -2.22. The molecule has 16 heavy (non-hydrogen) atoms. The molecular weight excluding hydrogens is 204 g/mol. The first-order chi connectivity index (χ1) is 7.63. The van der Waals surface area contributed by atoms with Gasteiger partial charge in [-0.2, -0.15) is 0 Å². The van der Waals surface area contributed by atoms with Crippen LogP contribution in [0.3, 0.4) is 0 Å². The predicted molar refractivity (Wildman–Crippen MR) is 64.1 cm³/mol. The van der Waals surface area contributed by atoms with Crippen LogP contribution in [0.5, 0.6) is 0 Å². The number of nitrogens with two attached hydrogens (primary N) is 1. The fraction of sp³-hybridized carbons (Fsp3) is 0.917. The third kappa shape index (κ3) is 4.49. The van der Waals surface area contributed by atoms with Gasteiger partial charge in [-0.25, -0.2) is 0 Å². The van der Waals surface area contributed by atoms with Crippen LogP contribution in [-0.2, 0) is 9.53 Å². The van der Waals surface area contributed by atoms with Crippen LogP contribution in [-0.4, -0.2) is 43.2 Å². The fourth-order valence-corrected chi connectivity index (χ4v) is 1.87. The molecule has 0 aromatic heterocycles. The van der Waals surface area contributed by atoms with E-state index >= 15 is 0 Å². The molecule has 1 amide bonds. The van der Waals surface area contributed by atoms with Gasteiger partial charge in [0.15, 0.2) is 0 Å². The van der Waals surface area contributed by atoms with Gasteiger partial charge >= 0.3 is 0 Å². The second-order valence-corrected chi connectivity index (χ2v) is 4.75. The summed E-state index contributed by atoms with van der Waals surface area (Å²) in [5, 5.41) is 0. The van der Waals surface area contributed by atoms with E-state index in [0.29, 0.717) is 18.9 Å². The first kappa shape index (κ1) is 13.5. The number of rotatable bonds is 4. The topological polar surface area (TPSA) is 55.6 Å². The lowest BCUT2D eigenvalue weighted by Crippen LogP contribution is -2.36. The van der Waals surface area contributed by atoms with Gasteiger partial charge in [0, 0.05) is 26.1 Å². The Morgan fingerprint density at radius 3 is 3.06 bits per heavy atom. The predicted octanol–water partition coefficient (Wildman–Crippen LogP) is 0.999. The molecule has 94 valence electrons. The van der Waals surface area contributed by atoms with Crippen LogP contribution in [0.25, 0.3) is 0 Å². The SMILES string of the molecule is CC(CN)CCC(=O)N1CCCOC(C)C1. The highest BCUT2D eigenvalue weighted by Crippen LogP contribution is 2.10. The second-order valence-electron chi connectivity index (χ2n) is 4.75. The molecule has 0 aromatic rings. The average Bonchev–Trinajstić information content (AvgIpc) is 2.50. The zero-order chi connectivity index (χ0) is 12.0. The number of amides is 1. The summed E-state index contributed by atoms with van der Waals surface area (Å²) in [4.78, 5) is 13.9. The van der Waals surface area contributed by atoms with Crippen LogP contribution in [0.4, 0.5) is 0 Å². The first-order valence-electron chi connectivity index (χ1n) is 6.23. The quantitative estimate of drug-likeness (QED) is 0.781. The molecule has 4 nitrogen and oxygen atoms in total. The number of hydrogen-bond donors (Lipinski definition) is 1. The zero-order valence-electron chi connectivity index (χ0n) is 10.4. The number of hydrogen-bond acceptors (Lipinski definition) is 3. The molecule has 1 rings (SSSR count). The van der Waals surface area contributed by atoms with Gasteiger partial charge < -0.3 is 15.4 Å². The number of carbonyl (C=O) groups is 1. The van der Waals surface area contributed by atoms with E-state index in [2.05, 4.69) is 6.92 Å². The number of nitrogens with zero attached hydrogens (tertiary/aromatic N) is 1. The van der Waals surface area contributed by atoms with Crippen LogP contribution in [0.2, 0.25) is 0 Å². The van der Waals surface area contributed by atoms with Gasteiger partial charge in [-0.15, -0.1) is 0 Å². The van der Waals surface area contributed by atoms with Gasteiger partial charge in [0.25, 0.3) is 0 Å². The van der Waals surface area contributed by atoms with Gasteiger partial charge in [0.1, 0.15) is 0 Å². The first-order valence-corrected chi connectivity index (χ1v) is 6.23. The Morgan fingerprint density at radius 1 is 1.62 bits per heavy atom. The summed E-state index contributed by atoms with van der Waals surface area (Å²) in [6.45, 7) is 7.10. The lowest BCUT2D eigenvalue weighted by atomic mass is 10.1. The maximum Gasteiger partial charge on any atom is 0.222 e. The highest BCUT2D eigenvalue weighted by Gasteiger charge is 2.19. The minimum absolute atomic E-state index is 0.165. The molecule has 1 heterocycles. The minimum Gasteiger partial charge on any atom is -0.377 e. The van der Waals surface area contributed by atoms with Crippen molar-refractivity contribution in [3.63, 3.8) is 0 Å². The Morgan fingerprint density at radius 2 is 2.38 bits per heavy atom. The lowest BCUT2D eigenvalue weighted by molar-refractivity contribution is -0.132. The van der Waals surface area contributed by atoms with E-state index in [-0.39, 0.29) is 12.0 Å². The van der Waals surface area contributed by atoms with Crippen LogP contribution in [0.15, 0.2) is 0 Å². The maximum atomic E-state index is 11.9. The van der Waals surface area contributed by atoms with Gasteiger partial charge in [0.05, 0.1) is 6.10 Å². The Balaban J connectivity index is 2.34.